The Morgan fingerprint density at radius 3 is 2.70 bits per heavy atom. The van der Waals surface area contributed by atoms with Crippen LogP contribution >= 0.6 is 0 Å². The molecule has 2 N–H and O–H groups in total. The van der Waals surface area contributed by atoms with E-state index in [2.05, 4.69) is 15.5 Å². The summed E-state index contributed by atoms with van der Waals surface area (Å²) in [6.45, 7) is 1.89. The number of benzene rings is 2. The van der Waals surface area contributed by atoms with E-state index >= 15 is 0 Å². The Morgan fingerprint density at radius 1 is 1.19 bits per heavy atom. The van der Waals surface area contributed by atoms with Gasteiger partial charge in [-0.1, -0.05) is 18.2 Å². The number of hydrogen-bond acceptors (Lipinski definition) is 4. The average molecular weight is 361 g/mol. The molecule has 0 aliphatic carbocycles. The number of H-pyrrole nitrogens is 1. The highest BCUT2D eigenvalue weighted by Crippen LogP contribution is 2.26. The van der Waals surface area contributed by atoms with Gasteiger partial charge in [0.15, 0.2) is 0 Å². The molecular weight excluding hydrogens is 342 g/mol. The summed E-state index contributed by atoms with van der Waals surface area (Å²) < 4.78 is 11.0. The van der Waals surface area contributed by atoms with E-state index in [1.165, 1.54) is 6.20 Å². The lowest BCUT2D eigenvalue weighted by Crippen LogP contribution is -2.26. The van der Waals surface area contributed by atoms with E-state index in [-0.39, 0.29) is 11.9 Å². The number of hydrogen-bond donors (Lipinski definition) is 2. The summed E-state index contributed by atoms with van der Waals surface area (Å²) in [4.78, 5) is 12.8. The van der Waals surface area contributed by atoms with Gasteiger partial charge >= 0.3 is 0 Å². The lowest BCUT2D eigenvalue weighted by molar-refractivity contribution is 0.0936. The van der Waals surface area contributed by atoms with E-state index in [1.807, 2.05) is 61.5 Å². The van der Waals surface area contributed by atoms with Crippen LogP contribution in [0, 0.1) is 0 Å². The van der Waals surface area contributed by atoms with Crippen molar-refractivity contribution in [3.63, 3.8) is 0 Å². The number of aromatic nitrogens is 2. The second-order valence-electron chi connectivity index (χ2n) is 6.27. The standard InChI is InChI=1S/C21H19N3O3/c1-13(19-11-15-5-3-4-6-18(15)27-19)23-21(25)17-12-22-24-20(17)14-7-9-16(26-2)10-8-14/h3-13H,1-2H3,(H,22,24)(H,23,25). The van der Waals surface area contributed by atoms with Crippen molar-refractivity contribution in [2.45, 2.75) is 13.0 Å². The van der Waals surface area contributed by atoms with Crippen LogP contribution in [-0.4, -0.2) is 23.2 Å². The summed E-state index contributed by atoms with van der Waals surface area (Å²) in [5.74, 6) is 1.24. The molecule has 0 saturated heterocycles. The molecule has 4 rings (SSSR count). The van der Waals surface area contributed by atoms with E-state index in [1.54, 1.807) is 7.11 Å². The molecule has 0 fully saturated rings. The van der Waals surface area contributed by atoms with Crippen LogP contribution in [0.3, 0.4) is 0 Å². The molecule has 27 heavy (non-hydrogen) atoms. The van der Waals surface area contributed by atoms with Gasteiger partial charge in [0.2, 0.25) is 0 Å². The Kier molecular flexibility index (Phi) is 4.38. The van der Waals surface area contributed by atoms with Crippen LogP contribution in [0.5, 0.6) is 5.75 Å². The average Bonchev–Trinajstić information content (AvgIpc) is 3.35. The fraction of sp³-hybridized carbons (Fsp3) is 0.143. The predicted molar refractivity (Wildman–Crippen MR) is 103 cm³/mol. The quantitative estimate of drug-likeness (QED) is 0.555. The number of rotatable bonds is 5. The minimum Gasteiger partial charge on any atom is -0.497 e. The second kappa shape index (κ2) is 6.99. The third-order valence-electron chi connectivity index (χ3n) is 4.48. The first kappa shape index (κ1) is 16.9. The first-order valence-corrected chi connectivity index (χ1v) is 8.63. The number of nitrogens with zero attached hydrogens (tertiary/aromatic N) is 1. The van der Waals surface area contributed by atoms with Gasteiger partial charge in [0.1, 0.15) is 17.1 Å². The number of carbonyl (C=O) groups excluding carboxylic acids is 1. The molecule has 1 unspecified atom stereocenters. The zero-order chi connectivity index (χ0) is 18.8. The van der Waals surface area contributed by atoms with Gasteiger partial charge in [-0.15, -0.1) is 0 Å². The highest BCUT2D eigenvalue weighted by atomic mass is 16.5. The van der Waals surface area contributed by atoms with Crippen molar-refractivity contribution in [1.29, 1.82) is 0 Å². The van der Waals surface area contributed by atoms with Crippen molar-refractivity contribution in [3.8, 4) is 17.0 Å². The second-order valence-corrected chi connectivity index (χ2v) is 6.27. The van der Waals surface area contributed by atoms with Crippen LogP contribution in [0.25, 0.3) is 22.2 Å². The van der Waals surface area contributed by atoms with E-state index in [9.17, 15) is 4.79 Å². The molecule has 2 aromatic heterocycles. The first-order chi connectivity index (χ1) is 13.2. The molecule has 0 radical (unpaired) electrons. The van der Waals surface area contributed by atoms with Crippen molar-refractivity contribution in [2.24, 2.45) is 0 Å². The zero-order valence-electron chi connectivity index (χ0n) is 15.0. The number of para-hydroxylation sites is 1. The Morgan fingerprint density at radius 2 is 1.96 bits per heavy atom. The molecule has 136 valence electrons. The smallest absolute Gasteiger partial charge is 0.255 e. The third kappa shape index (κ3) is 3.29. The highest BCUT2D eigenvalue weighted by Gasteiger charge is 2.19. The van der Waals surface area contributed by atoms with Gasteiger partial charge in [0.05, 0.1) is 30.6 Å². The van der Waals surface area contributed by atoms with Crippen LogP contribution in [-0.2, 0) is 0 Å². The lowest BCUT2D eigenvalue weighted by Gasteiger charge is -2.11. The monoisotopic (exact) mass is 361 g/mol. The molecule has 2 aromatic carbocycles. The number of carbonyl (C=O) groups is 1. The van der Waals surface area contributed by atoms with E-state index in [0.717, 1.165) is 22.3 Å². The fourth-order valence-corrected chi connectivity index (χ4v) is 3.00. The molecule has 1 atom stereocenters. The number of fused-ring (bicyclic) bond motifs is 1. The summed E-state index contributed by atoms with van der Waals surface area (Å²) in [7, 11) is 1.61. The van der Waals surface area contributed by atoms with E-state index < -0.39 is 0 Å². The first-order valence-electron chi connectivity index (χ1n) is 8.63. The van der Waals surface area contributed by atoms with Crippen LogP contribution in [0.1, 0.15) is 29.1 Å². The maximum atomic E-state index is 12.8. The number of furan rings is 1. The summed E-state index contributed by atoms with van der Waals surface area (Å²) in [6, 6.07) is 16.9. The van der Waals surface area contributed by atoms with E-state index in [4.69, 9.17) is 9.15 Å². The Hall–Kier alpha value is -3.54. The van der Waals surface area contributed by atoms with Crippen LogP contribution in [0.2, 0.25) is 0 Å². The SMILES string of the molecule is COc1ccc(-c2[nH]ncc2C(=O)NC(C)c2cc3ccccc3o2)cc1. The molecular formula is C21H19N3O3. The minimum absolute atomic E-state index is 0.220. The van der Waals surface area contributed by atoms with E-state index in [0.29, 0.717) is 17.0 Å². The molecule has 2 heterocycles. The van der Waals surface area contributed by atoms with Gasteiger partial charge in [-0.05, 0) is 43.3 Å². The summed E-state index contributed by atoms with van der Waals surface area (Å²) in [5.41, 5.74) is 2.79. The van der Waals surface area contributed by atoms with Crippen molar-refractivity contribution in [3.05, 3.63) is 72.1 Å². The van der Waals surface area contributed by atoms with Gasteiger partial charge in [0, 0.05) is 10.9 Å². The number of ether oxygens (including phenoxy) is 1. The normalized spacial score (nSPS) is 12.1. The van der Waals surface area contributed by atoms with Crippen molar-refractivity contribution >= 4 is 16.9 Å². The van der Waals surface area contributed by atoms with Gasteiger partial charge in [-0.3, -0.25) is 9.89 Å². The maximum absolute atomic E-state index is 12.8. The van der Waals surface area contributed by atoms with Crippen LogP contribution < -0.4 is 10.1 Å². The van der Waals surface area contributed by atoms with Gasteiger partial charge in [-0.2, -0.15) is 5.10 Å². The molecule has 0 aliphatic rings. The minimum atomic E-state index is -0.275. The third-order valence-corrected chi connectivity index (χ3v) is 4.48. The van der Waals surface area contributed by atoms with Crippen LogP contribution in [0.4, 0.5) is 0 Å². The molecule has 4 aromatic rings. The summed E-state index contributed by atoms with van der Waals surface area (Å²) >= 11 is 0. The van der Waals surface area contributed by atoms with Crippen molar-refractivity contribution in [2.75, 3.05) is 7.11 Å². The highest BCUT2D eigenvalue weighted by molar-refractivity contribution is 6.00. The van der Waals surface area contributed by atoms with Crippen molar-refractivity contribution < 1.29 is 13.9 Å². The fourth-order valence-electron chi connectivity index (χ4n) is 3.00. The molecule has 6 nitrogen and oxygen atoms in total. The van der Waals surface area contributed by atoms with Crippen LogP contribution in [0.15, 0.2) is 65.2 Å². The Labute approximate surface area is 156 Å². The molecule has 0 bridgehead atoms. The molecule has 0 spiro atoms. The van der Waals surface area contributed by atoms with Gasteiger partial charge in [0.25, 0.3) is 5.91 Å². The largest absolute Gasteiger partial charge is 0.497 e. The van der Waals surface area contributed by atoms with Gasteiger partial charge in [-0.25, -0.2) is 0 Å². The predicted octanol–water partition coefficient (Wildman–Crippen LogP) is 4.32. The molecule has 1 amide bonds. The van der Waals surface area contributed by atoms with Gasteiger partial charge < -0.3 is 14.5 Å². The Balaban J connectivity index is 1.55. The Bertz CT molecular complexity index is 1050. The topological polar surface area (TPSA) is 80.1 Å². The number of aromatic amines is 1. The van der Waals surface area contributed by atoms with Crippen molar-refractivity contribution in [1.82, 2.24) is 15.5 Å². The molecule has 0 saturated carbocycles. The number of amides is 1. The zero-order valence-corrected chi connectivity index (χ0v) is 15.0. The maximum Gasteiger partial charge on any atom is 0.255 e. The summed E-state index contributed by atoms with van der Waals surface area (Å²) in [6.07, 6.45) is 1.53. The molecule has 6 heteroatoms. The molecule has 0 aliphatic heterocycles. The summed E-state index contributed by atoms with van der Waals surface area (Å²) in [5, 5.41) is 10.9. The number of methoxy groups -OCH3 is 1. The number of nitrogens with one attached hydrogen (secondary N) is 2. The lowest BCUT2D eigenvalue weighted by atomic mass is 10.1.